The summed E-state index contributed by atoms with van der Waals surface area (Å²) in [6.45, 7) is -0.390. The van der Waals surface area contributed by atoms with Crippen LogP contribution in [0.1, 0.15) is 5.56 Å². The maximum Gasteiger partial charge on any atom is 0.573 e. The summed E-state index contributed by atoms with van der Waals surface area (Å²) in [6.07, 6.45) is -4.75. The minimum atomic E-state index is -4.75. The van der Waals surface area contributed by atoms with Crippen LogP contribution in [0.15, 0.2) is 18.2 Å². The smallest absolute Gasteiger partial charge is 0.406 e. The Morgan fingerprint density at radius 1 is 1.29 bits per heavy atom. The summed E-state index contributed by atoms with van der Waals surface area (Å²) < 4.78 is 39.0. The van der Waals surface area contributed by atoms with E-state index in [4.69, 9.17) is 10.8 Å². The second-order valence-corrected chi connectivity index (χ2v) is 2.62. The molecule has 0 aliphatic rings. The number of hydrogen-bond acceptors (Lipinski definition) is 3. The molecule has 6 heteroatoms. The molecule has 0 spiro atoms. The van der Waals surface area contributed by atoms with Crippen LogP contribution in [0.25, 0.3) is 0 Å². The lowest BCUT2D eigenvalue weighted by Gasteiger charge is -2.10. The number of aliphatic hydroxyl groups is 1. The van der Waals surface area contributed by atoms with Crippen LogP contribution in [0.2, 0.25) is 0 Å². The van der Waals surface area contributed by atoms with Gasteiger partial charge in [0.2, 0.25) is 0 Å². The van der Waals surface area contributed by atoms with Gasteiger partial charge < -0.3 is 15.6 Å². The number of nitrogen functional groups attached to an aromatic ring is 1. The number of anilines is 1. The van der Waals surface area contributed by atoms with Gasteiger partial charge in [0.05, 0.1) is 6.61 Å². The maximum absolute atomic E-state index is 11.8. The van der Waals surface area contributed by atoms with Crippen molar-refractivity contribution in [1.82, 2.24) is 0 Å². The first-order chi connectivity index (χ1) is 6.40. The van der Waals surface area contributed by atoms with Crippen molar-refractivity contribution in [1.29, 1.82) is 0 Å². The molecular formula is C8H8F3NO2. The Labute approximate surface area is 77.9 Å². The monoisotopic (exact) mass is 207 g/mol. The summed E-state index contributed by atoms with van der Waals surface area (Å²) in [5, 5.41) is 8.69. The van der Waals surface area contributed by atoms with Crippen molar-refractivity contribution in [2.45, 2.75) is 13.0 Å². The van der Waals surface area contributed by atoms with Crippen molar-refractivity contribution in [3.63, 3.8) is 0 Å². The molecule has 0 aromatic heterocycles. The molecule has 0 fully saturated rings. The highest BCUT2D eigenvalue weighted by Gasteiger charge is 2.31. The lowest BCUT2D eigenvalue weighted by molar-refractivity contribution is -0.274. The van der Waals surface area contributed by atoms with E-state index < -0.39 is 12.1 Å². The molecular weight excluding hydrogens is 199 g/mol. The zero-order chi connectivity index (χ0) is 10.8. The van der Waals surface area contributed by atoms with Crippen LogP contribution in [0, 0.1) is 0 Å². The predicted molar refractivity (Wildman–Crippen MR) is 43.5 cm³/mol. The van der Waals surface area contributed by atoms with Gasteiger partial charge in [-0.2, -0.15) is 0 Å². The number of hydrogen-bond donors (Lipinski definition) is 2. The third kappa shape index (κ3) is 3.14. The summed E-state index contributed by atoms with van der Waals surface area (Å²) in [4.78, 5) is 0. The molecule has 78 valence electrons. The number of rotatable bonds is 2. The maximum atomic E-state index is 11.8. The van der Waals surface area contributed by atoms with Gasteiger partial charge in [-0.15, -0.1) is 13.2 Å². The third-order valence-electron chi connectivity index (χ3n) is 1.40. The molecule has 0 amide bonds. The first kappa shape index (κ1) is 10.6. The van der Waals surface area contributed by atoms with E-state index in [0.29, 0.717) is 0 Å². The van der Waals surface area contributed by atoms with Crippen LogP contribution in [0.5, 0.6) is 5.75 Å². The van der Waals surface area contributed by atoms with E-state index in [0.717, 1.165) is 12.1 Å². The van der Waals surface area contributed by atoms with Gasteiger partial charge in [0.1, 0.15) is 5.75 Å². The fraction of sp³-hybridized carbons (Fsp3) is 0.250. The minimum absolute atomic E-state index is 0.107. The molecule has 3 N–H and O–H groups in total. The first-order valence-corrected chi connectivity index (χ1v) is 3.67. The average molecular weight is 207 g/mol. The Bertz CT molecular complexity index is 325. The van der Waals surface area contributed by atoms with Crippen molar-refractivity contribution in [3.05, 3.63) is 23.8 Å². The molecule has 0 bridgehead atoms. The Morgan fingerprint density at radius 2 is 1.93 bits per heavy atom. The number of alkyl halides is 3. The molecule has 0 saturated heterocycles. The summed E-state index contributed by atoms with van der Waals surface area (Å²) in [7, 11) is 0. The van der Waals surface area contributed by atoms with Gasteiger partial charge in [0, 0.05) is 11.8 Å². The lowest BCUT2D eigenvalue weighted by Crippen LogP contribution is -2.17. The topological polar surface area (TPSA) is 55.5 Å². The second kappa shape index (κ2) is 3.75. The fourth-order valence-corrected chi connectivity index (χ4v) is 0.970. The zero-order valence-corrected chi connectivity index (χ0v) is 7.01. The number of halogens is 3. The van der Waals surface area contributed by atoms with E-state index in [1.54, 1.807) is 0 Å². The van der Waals surface area contributed by atoms with Crippen molar-refractivity contribution < 1.29 is 23.0 Å². The second-order valence-electron chi connectivity index (χ2n) is 2.62. The molecule has 0 atom stereocenters. The molecule has 1 rings (SSSR count). The van der Waals surface area contributed by atoms with Crippen LogP contribution in [-0.4, -0.2) is 11.5 Å². The van der Waals surface area contributed by atoms with E-state index in [2.05, 4.69) is 4.74 Å². The van der Waals surface area contributed by atoms with Gasteiger partial charge >= 0.3 is 6.36 Å². The molecule has 1 aromatic carbocycles. The standard InChI is InChI=1S/C8H8F3NO2/c9-8(10,11)14-7-2-5(4-13)1-6(12)3-7/h1-3,13H,4,12H2. The first-order valence-electron chi connectivity index (χ1n) is 3.67. The van der Waals surface area contributed by atoms with E-state index in [9.17, 15) is 13.2 Å². The van der Waals surface area contributed by atoms with Gasteiger partial charge in [-0.05, 0) is 17.7 Å². The van der Waals surface area contributed by atoms with Gasteiger partial charge in [-0.25, -0.2) is 0 Å². The molecule has 0 saturated carbocycles. The van der Waals surface area contributed by atoms with Crippen LogP contribution < -0.4 is 10.5 Å². The Balaban J connectivity index is 2.92. The number of benzene rings is 1. The van der Waals surface area contributed by atoms with Gasteiger partial charge in [-0.1, -0.05) is 0 Å². The fourth-order valence-electron chi connectivity index (χ4n) is 0.970. The summed E-state index contributed by atoms with van der Waals surface area (Å²) in [5.74, 6) is -0.429. The molecule has 0 heterocycles. The number of aliphatic hydroxyl groups excluding tert-OH is 1. The van der Waals surface area contributed by atoms with Crippen LogP contribution in [0.3, 0.4) is 0 Å². The van der Waals surface area contributed by atoms with Crippen LogP contribution >= 0.6 is 0 Å². The van der Waals surface area contributed by atoms with E-state index >= 15 is 0 Å². The highest BCUT2D eigenvalue weighted by molar-refractivity contribution is 5.47. The summed E-state index contributed by atoms with van der Waals surface area (Å²) in [6, 6.07) is 3.47. The molecule has 0 aliphatic heterocycles. The lowest BCUT2D eigenvalue weighted by atomic mass is 10.2. The number of ether oxygens (including phenoxy) is 1. The molecule has 0 aliphatic carbocycles. The quantitative estimate of drug-likeness (QED) is 0.725. The van der Waals surface area contributed by atoms with Gasteiger partial charge in [0.25, 0.3) is 0 Å². The Kier molecular flexibility index (Phi) is 2.85. The van der Waals surface area contributed by atoms with Crippen molar-refractivity contribution in [2.24, 2.45) is 0 Å². The van der Waals surface area contributed by atoms with E-state index in [1.165, 1.54) is 6.07 Å². The van der Waals surface area contributed by atoms with Crippen molar-refractivity contribution in [3.8, 4) is 5.75 Å². The SMILES string of the molecule is Nc1cc(CO)cc(OC(F)(F)F)c1. The normalized spacial score (nSPS) is 11.4. The Hall–Kier alpha value is -1.43. The zero-order valence-electron chi connectivity index (χ0n) is 7.01. The Morgan fingerprint density at radius 3 is 2.43 bits per heavy atom. The molecule has 14 heavy (non-hydrogen) atoms. The summed E-state index contributed by atoms with van der Waals surface area (Å²) in [5.41, 5.74) is 5.67. The minimum Gasteiger partial charge on any atom is -0.406 e. The van der Waals surface area contributed by atoms with E-state index in [-0.39, 0.29) is 17.9 Å². The van der Waals surface area contributed by atoms with Crippen molar-refractivity contribution in [2.75, 3.05) is 5.73 Å². The van der Waals surface area contributed by atoms with Gasteiger partial charge in [-0.3, -0.25) is 0 Å². The molecule has 0 radical (unpaired) electrons. The van der Waals surface area contributed by atoms with Crippen LogP contribution in [-0.2, 0) is 6.61 Å². The van der Waals surface area contributed by atoms with Crippen molar-refractivity contribution >= 4 is 5.69 Å². The van der Waals surface area contributed by atoms with E-state index in [1.807, 2.05) is 0 Å². The van der Waals surface area contributed by atoms with Crippen LogP contribution in [0.4, 0.5) is 18.9 Å². The molecule has 1 aromatic rings. The van der Waals surface area contributed by atoms with Gasteiger partial charge in [0.15, 0.2) is 0 Å². The highest BCUT2D eigenvalue weighted by Crippen LogP contribution is 2.25. The molecule has 3 nitrogen and oxygen atoms in total. The summed E-state index contributed by atoms with van der Waals surface area (Å²) >= 11 is 0. The molecule has 0 unspecified atom stereocenters. The number of nitrogens with two attached hydrogens (primary N) is 1. The largest absolute Gasteiger partial charge is 0.573 e. The highest BCUT2D eigenvalue weighted by atomic mass is 19.4. The third-order valence-corrected chi connectivity index (χ3v) is 1.40. The average Bonchev–Trinajstić information content (AvgIpc) is 1.99. The predicted octanol–water partition coefficient (Wildman–Crippen LogP) is 1.66.